The highest BCUT2D eigenvalue weighted by molar-refractivity contribution is 9.10. The van der Waals surface area contributed by atoms with Gasteiger partial charge in [0.1, 0.15) is 46.8 Å². The van der Waals surface area contributed by atoms with E-state index in [1.807, 2.05) is 154 Å². The van der Waals surface area contributed by atoms with E-state index in [1.165, 1.54) is 77.9 Å². The standard InChI is InChI=1S/C26H29N3O5.C21H21N3O3.C16H28BNO4.C16H13BrN2O3.C14H20O6.C12H14O5.C5H5BrN2/c1-26(2,3)34-25(31)28-12-10-17(11-13-28)19-7-9-23-27-20(15-24(30)29(23)16-19)18-6-8-21(32-4)22(14-18)33-5;1-26-18-5-3-15(11-19(18)27-2)17-12-21(25)24-13-16(4-6-20(24)23-17)14-7-9-22-10-8-14;1-14(2,3)20-13(19)18-10-8-12(9-11-18)17-21-15(4,5)16(6,7)22-17;1-21-13-5-3-10(7-14(13)22-2)12-8-16(20)19-9-11(17)4-6-15(19)18-12;1-16-11-7-6-10(8-12(11)17-2)14(19-4,20-5)9-13(15)18-3;1-15-10-5-4-8(6-11(10)16-2)9(13)7-12(14)17-3;6-4-1-2-5(7)8-3-4/h6-10,14-16H,11-13H2,1-5H3;3-7,11-13,22H,8-10H2,1-2H3;8H,9-11H2,1-7H3;3-9H,1-2H3;6-8H,9H2,1-5H3;4-6H,7H2,1-3H3;1-3H,(H2,7,8). The first kappa shape index (κ1) is 117. The molecule has 3 N–H and O–H groups in total. The number of nitrogens with two attached hydrogens (primary N) is 1. The summed E-state index contributed by atoms with van der Waals surface area (Å²) in [5.41, 5.74) is 15.5. The summed E-state index contributed by atoms with van der Waals surface area (Å²) in [6, 6.07) is 45.8. The van der Waals surface area contributed by atoms with Crippen LogP contribution in [0.3, 0.4) is 0 Å². The van der Waals surface area contributed by atoms with Gasteiger partial charge in [-0.1, -0.05) is 18.2 Å². The van der Waals surface area contributed by atoms with Gasteiger partial charge in [0, 0.05) is 127 Å². The molecule has 0 bridgehead atoms. The number of nitrogen functional groups attached to an aromatic ring is 1. The Morgan fingerprint density at radius 1 is 0.427 bits per heavy atom. The Morgan fingerprint density at radius 3 is 1.19 bits per heavy atom. The molecular weight excluding hydrogens is 2060 g/mol. The second kappa shape index (κ2) is 53.5. The number of aromatic nitrogens is 7. The number of anilines is 1. The Hall–Kier alpha value is -14.7. The van der Waals surface area contributed by atoms with Crippen LogP contribution in [0.5, 0.6) is 57.5 Å². The van der Waals surface area contributed by atoms with Crippen molar-refractivity contribution < 1.29 is 109 Å². The Balaban J connectivity index is 0.000000183. The van der Waals surface area contributed by atoms with E-state index >= 15 is 0 Å². The number of ketones is 1. The number of ether oxygens (including phenoxy) is 16. The highest BCUT2D eigenvalue weighted by Crippen LogP contribution is 2.42. The second-order valence-corrected chi connectivity index (χ2v) is 38.6. The smallest absolute Gasteiger partial charge is 0.490 e. The number of nitrogens with zero attached hydrogens (tertiary/aromatic N) is 9. The molecule has 7 aromatic heterocycles. The fourth-order valence-electron chi connectivity index (χ4n) is 15.4. The highest BCUT2D eigenvalue weighted by Gasteiger charge is 2.53. The number of Topliss-reactive ketones (excluding diaryl/α,β-unsaturated/α-hetero) is 1. The van der Waals surface area contributed by atoms with Gasteiger partial charge in [0.25, 0.3) is 16.7 Å². The van der Waals surface area contributed by atoms with Crippen molar-refractivity contribution in [2.45, 2.75) is 130 Å². The maximum Gasteiger partial charge on any atom is 0.490 e. The summed E-state index contributed by atoms with van der Waals surface area (Å²) in [7, 11) is 20.7. The average molecular weight is 2190 g/mol. The Labute approximate surface area is 888 Å². The molecule has 40 heteroatoms. The first-order valence-electron chi connectivity index (χ1n) is 47.5. The summed E-state index contributed by atoms with van der Waals surface area (Å²) < 4.78 is 102. The van der Waals surface area contributed by atoms with Crippen LogP contribution in [0.2, 0.25) is 0 Å². The van der Waals surface area contributed by atoms with Gasteiger partial charge in [-0.2, -0.15) is 0 Å². The summed E-state index contributed by atoms with van der Waals surface area (Å²) in [6.45, 7) is 23.4. The number of hydrogen-bond acceptors (Lipinski definition) is 32. The first-order valence-corrected chi connectivity index (χ1v) is 49.1. The summed E-state index contributed by atoms with van der Waals surface area (Å²) in [4.78, 5) is 118. The monoisotopic (exact) mass is 2190 g/mol. The molecule has 2 amide bonds. The zero-order valence-electron chi connectivity index (χ0n) is 88.9. The molecule has 1 saturated heterocycles. The lowest BCUT2D eigenvalue weighted by molar-refractivity contribution is -0.224. The average Bonchev–Trinajstić information content (AvgIpc) is 0.909. The van der Waals surface area contributed by atoms with Crippen molar-refractivity contribution >= 4 is 103 Å². The minimum absolute atomic E-state index is 0.0774. The topological polar surface area (TPSA) is 412 Å². The number of rotatable bonds is 24. The molecule has 16 rings (SSSR count). The van der Waals surface area contributed by atoms with Gasteiger partial charge in [-0.05, 0) is 294 Å². The number of amides is 2. The quantitative estimate of drug-likeness (QED) is 0.0142. The van der Waals surface area contributed by atoms with Crippen molar-refractivity contribution in [3.63, 3.8) is 0 Å². The van der Waals surface area contributed by atoms with Crippen molar-refractivity contribution in [3.8, 4) is 91.3 Å². The number of hydrogen-bond donors (Lipinski definition) is 2. The van der Waals surface area contributed by atoms with Crippen molar-refractivity contribution in [2.75, 3.05) is 145 Å². The third kappa shape index (κ3) is 31.2. The molecule has 0 aliphatic carbocycles. The van der Waals surface area contributed by atoms with E-state index in [-0.39, 0.29) is 65.8 Å². The molecule has 37 nitrogen and oxygen atoms in total. The molecule has 0 atom stereocenters. The zero-order valence-corrected chi connectivity index (χ0v) is 92.1. The normalized spacial score (nSPS) is 13.9. The molecule has 5 aromatic carbocycles. The van der Waals surface area contributed by atoms with Crippen molar-refractivity contribution in [3.05, 3.63) is 268 Å². The molecule has 0 unspecified atom stereocenters. The molecule has 0 radical (unpaired) electrons. The largest absolute Gasteiger partial charge is 0.493 e. The number of carbonyl (C=O) groups excluding carboxylic acids is 5. The van der Waals surface area contributed by atoms with E-state index in [4.69, 9.17) is 81.4 Å². The molecule has 4 aliphatic rings. The molecule has 798 valence electrons. The highest BCUT2D eigenvalue weighted by atomic mass is 79.9. The number of halogens is 2. The lowest BCUT2D eigenvalue weighted by atomic mass is 9.75. The fourth-order valence-corrected chi connectivity index (χ4v) is 16.0. The van der Waals surface area contributed by atoms with Crippen LogP contribution in [0.15, 0.2) is 230 Å². The number of nitrogens with one attached hydrogen (secondary N) is 1. The molecule has 4 aliphatic heterocycles. The van der Waals surface area contributed by atoms with E-state index in [2.05, 4.69) is 72.7 Å². The number of benzene rings is 5. The molecule has 0 saturated carbocycles. The second-order valence-electron chi connectivity index (χ2n) is 36.8. The van der Waals surface area contributed by atoms with Crippen LogP contribution in [0.25, 0.3) is 61.9 Å². The van der Waals surface area contributed by atoms with E-state index in [1.54, 1.807) is 160 Å². The van der Waals surface area contributed by atoms with Crippen LogP contribution in [-0.4, -0.2) is 241 Å². The maximum atomic E-state index is 12.9. The number of esters is 2. The van der Waals surface area contributed by atoms with Gasteiger partial charge in [0.15, 0.2) is 63.3 Å². The predicted molar refractivity (Wildman–Crippen MR) is 579 cm³/mol. The third-order valence-electron chi connectivity index (χ3n) is 24.2. The Kier molecular flexibility index (Phi) is 41.8. The minimum atomic E-state index is -1.23. The summed E-state index contributed by atoms with van der Waals surface area (Å²) in [5, 5.41) is 3.30. The summed E-state index contributed by atoms with van der Waals surface area (Å²) in [6.07, 6.45) is 14.7. The van der Waals surface area contributed by atoms with E-state index < -0.39 is 28.9 Å². The lowest BCUT2D eigenvalue weighted by Crippen LogP contribution is -2.41. The predicted octanol–water partition coefficient (Wildman–Crippen LogP) is 18.1. The van der Waals surface area contributed by atoms with Gasteiger partial charge in [-0.15, -0.1) is 0 Å². The maximum absolute atomic E-state index is 12.9. The SMILES string of the molecule is CC(C)(C)OC(=O)N1CC=C(B2OC(C)(C)C(C)(C)O2)CC1.COC(=O)CC(=O)c1ccc(OC)c(OC)c1.COC(=O)CC(OC)(OC)c1ccc(OC)c(OC)c1.COc1ccc(-c2cc(=O)n3cc(Br)ccc3n2)cc1OC.COc1ccc(-c2cc(=O)n3cc(C4=CCN(C(=O)OC(C)(C)C)CC4)ccc3n2)cc1OC.COc1ccc(-c2cc(=O)n3cc(C4=CCNCC4)ccc3n2)cc1OC.Nc1ccc(Br)cn1. The van der Waals surface area contributed by atoms with Crippen LogP contribution in [0.4, 0.5) is 15.4 Å². The molecule has 150 heavy (non-hydrogen) atoms. The molecule has 1 fully saturated rings. The molecular formula is C110H130BBr2N11O26. The molecule has 11 heterocycles. The fraction of sp³-hybridized carbons (Fsp3) is 0.364. The van der Waals surface area contributed by atoms with Gasteiger partial charge in [-0.3, -0.25) is 42.0 Å². The summed E-state index contributed by atoms with van der Waals surface area (Å²) in [5.74, 6) is 3.72. The van der Waals surface area contributed by atoms with Gasteiger partial charge < -0.3 is 106 Å². The van der Waals surface area contributed by atoms with Crippen LogP contribution >= 0.6 is 31.9 Å². The third-order valence-corrected chi connectivity index (χ3v) is 25.1. The van der Waals surface area contributed by atoms with Gasteiger partial charge in [0.2, 0.25) is 5.79 Å². The summed E-state index contributed by atoms with van der Waals surface area (Å²) >= 11 is 6.57. The minimum Gasteiger partial charge on any atom is -0.493 e. The molecule has 0 spiro atoms. The van der Waals surface area contributed by atoms with E-state index in [9.17, 15) is 38.4 Å². The number of pyridine rings is 4. The van der Waals surface area contributed by atoms with Crippen LogP contribution < -0.4 is 75.1 Å². The Bertz CT molecular complexity index is 7020. The van der Waals surface area contributed by atoms with Gasteiger partial charge in [0.05, 0.1) is 114 Å². The van der Waals surface area contributed by atoms with Gasteiger partial charge in [-0.25, -0.2) is 29.5 Å². The van der Waals surface area contributed by atoms with Crippen molar-refractivity contribution in [1.82, 2.24) is 48.3 Å². The zero-order chi connectivity index (χ0) is 110. The van der Waals surface area contributed by atoms with E-state index in [0.717, 1.165) is 73.7 Å². The van der Waals surface area contributed by atoms with Crippen LogP contribution in [0, 0.1) is 0 Å². The lowest BCUT2D eigenvalue weighted by Gasteiger charge is -2.32. The molecule has 12 aromatic rings. The van der Waals surface area contributed by atoms with Crippen LogP contribution in [0.1, 0.15) is 128 Å². The van der Waals surface area contributed by atoms with Gasteiger partial charge >= 0.3 is 31.2 Å². The Morgan fingerprint density at radius 2 is 0.813 bits per heavy atom. The number of carbonyl (C=O) groups is 5. The van der Waals surface area contributed by atoms with Crippen molar-refractivity contribution in [1.29, 1.82) is 0 Å². The first-order chi connectivity index (χ1) is 71.4. The number of fused-ring (bicyclic) bond motifs is 3. The number of methoxy groups -OCH3 is 14. The van der Waals surface area contributed by atoms with Crippen molar-refractivity contribution in [2.24, 2.45) is 0 Å². The van der Waals surface area contributed by atoms with E-state index in [0.29, 0.717) is 141 Å². The van der Waals surface area contributed by atoms with Crippen LogP contribution in [-0.2, 0) is 53.1 Å².